The second kappa shape index (κ2) is 6.54. The summed E-state index contributed by atoms with van der Waals surface area (Å²) >= 11 is 0. The third-order valence-corrected chi connectivity index (χ3v) is 3.45. The molecule has 0 aliphatic carbocycles. The minimum atomic E-state index is -2.90. The second-order valence-corrected chi connectivity index (χ2v) is 5.07. The van der Waals surface area contributed by atoms with E-state index in [0.29, 0.717) is 5.69 Å². The van der Waals surface area contributed by atoms with Gasteiger partial charge in [0.2, 0.25) is 0 Å². The van der Waals surface area contributed by atoms with E-state index in [9.17, 15) is 18.7 Å². The van der Waals surface area contributed by atoms with E-state index in [-0.39, 0.29) is 17.1 Å². The van der Waals surface area contributed by atoms with Crippen LogP contribution in [0.1, 0.15) is 10.4 Å². The van der Waals surface area contributed by atoms with Crippen molar-refractivity contribution in [1.29, 1.82) is 0 Å². The van der Waals surface area contributed by atoms with Gasteiger partial charge in [-0.05, 0) is 47.2 Å². The van der Waals surface area contributed by atoms with Crippen LogP contribution in [0.3, 0.4) is 0 Å². The predicted molar refractivity (Wildman–Crippen MR) is 86.6 cm³/mol. The highest BCUT2D eigenvalue weighted by molar-refractivity contribution is 6.08. The topological polar surface area (TPSA) is 58.6 Å². The van der Waals surface area contributed by atoms with Crippen LogP contribution in [0.15, 0.2) is 60.7 Å². The van der Waals surface area contributed by atoms with Crippen molar-refractivity contribution in [3.8, 4) is 11.5 Å². The number of aromatic hydroxyl groups is 1. The number of halogens is 2. The highest BCUT2D eigenvalue weighted by Gasteiger charge is 2.13. The molecule has 0 spiro atoms. The maximum absolute atomic E-state index is 12.3. The Balaban J connectivity index is 1.80. The van der Waals surface area contributed by atoms with Gasteiger partial charge in [-0.25, -0.2) is 0 Å². The number of phenols is 1. The smallest absolute Gasteiger partial charge is 0.387 e. The maximum Gasteiger partial charge on any atom is 0.387 e. The highest BCUT2D eigenvalue weighted by Crippen LogP contribution is 2.26. The predicted octanol–water partition coefficient (Wildman–Crippen LogP) is 4.40. The summed E-state index contributed by atoms with van der Waals surface area (Å²) in [6.45, 7) is -2.90. The molecule has 0 radical (unpaired) electrons. The van der Waals surface area contributed by atoms with Crippen molar-refractivity contribution >= 4 is 22.4 Å². The van der Waals surface area contributed by atoms with Gasteiger partial charge in [0.25, 0.3) is 5.91 Å². The number of ether oxygens (including phenoxy) is 1. The maximum atomic E-state index is 12.3. The Bertz CT molecular complexity index is 879. The van der Waals surface area contributed by atoms with Crippen molar-refractivity contribution in [3.63, 3.8) is 0 Å². The van der Waals surface area contributed by atoms with Crippen molar-refractivity contribution in [1.82, 2.24) is 0 Å². The molecule has 0 atom stereocenters. The number of carbonyl (C=O) groups excluding carboxylic acids is 1. The van der Waals surface area contributed by atoms with Crippen LogP contribution in [0.2, 0.25) is 0 Å². The zero-order valence-electron chi connectivity index (χ0n) is 12.4. The molecule has 24 heavy (non-hydrogen) atoms. The third-order valence-electron chi connectivity index (χ3n) is 3.45. The molecule has 0 aromatic heterocycles. The molecule has 0 bridgehead atoms. The summed E-state index contributed by atoms with van der Waals surface area (Å²) in [5, 5.41) is 14.3. The summed E-state index contributed by atoms with van der Waals surface area (Å²) in [5.74, 6) is -0.638. The monoisotopic (exact) mass is 329 g/mol. The van der Waals surface area contributed by atoms with Crippen LogP contribution in [0, 0.1) is 0 Å². The number of amides is 1. The van der Waals surface area contributed by atoms with Crippen LogP contribution in [-0.2, 0) is 0 Å². The summed E-state index contributed by atoms with van der Waals surface area (Å²) in [5.41, 5.74) is 0.524. The van der Waals surface area contributed by atoms with E-state index in [0.717, 1.165) is 10.8 Å². The van der Waals surface area contributed by atoms with Crippen LogP contribution in [-0.4, -0.2) is 17.6 Å². The van der Waals surface area contributed by atoms with E-state index in [1.54, 1.807) is 6.07 Å². The first-order valence-electron chi connectivity index (χ1n) is 7.11. The lowest BCUT2D eigenvalue weighted by Crippen LogP contribution is -2.12. The number of hydrogen-bond donors (Lipinski definition) is 2. The van der Waals surface area contributed by atoms with E-state index >= 15 is 0 Å². The van der Waals surface area contributed by atoms with Crippen LogP contribution >= 0.6 is 0 Å². The first-order chi connectivity index (χ1) is 11.5. The molecule has 2 N–H and O–H groups in total. The number of anilines is 1. The number of fused-ring (bicyclic) bond motifs is 1. The minimum absolute atomic E-state index is 0.00319. The second-order valence-electron chi connectivity index (χ2n) is 5.07. The molecule has 0 unspecified atom stereocenters. The van der Waals surface area contributed by atoms with Gasteiger partial charge in [-0.15, -0.1) is 0 Å². The van der Waals surface area contributed by atoms with Gasteiger partial charge in [-0.3, -0.25) is 4.79 Å². The number of benzene rings is 3. The van der Waals surface area contributed by atoms with Crippen LogP contribution in [0.25, 0.3) is 10.8 Å². The van der Waals surface area contributed by atoms with Gasteiger partial charge in [0, 0.05) is 5.69 Å². The summed E-state index contributed by atoms with van der Waals surface area (Å²) in [7, 11) is 0. The van der Waals surface area contributed by atoms with Gasteiger partial charge in [-0.2, -0.15) is 8.78 Å². The lowest BCUT2D eigenvalue weighted by atomic mass is 10.1. The quantitative estimate of drug-likeness (QED) is 0.746. The number of alkyl halides is 2. The minimum Gasteiger partial charge on any atom is -0.507 e. The molecule has 122 valence electrons. The number of nitrogens with one attached hydrogen (secondary N) is 1. The van der Waals surface area contributed by atoms with Gasteiger partial charge in [0.1, 0.15) is 11.5 Å². The zero-order valence-corrected chi connectivity index (χ0v) is 12.4. The summed E-state index contributed by atoms with van der Waals surface area (Å²) in [6.07, 6.45) is 0. The molecular formula is C18H13F2NO3. The Morgan fingerprint density at radius 3 is 2.25 bits per heavy atom. The van der Waals surface area contributed by atoms with Gasteiger partial charge in [0.15, 0.2) is 0 Å². The average Bonchev–Trinajstić information content (AvgIpc) is 2.55. The van der Waals surface area contributed by atoms with Crippen molar-refractivity contribution in [2.24, 2.45) is 0 Å². The summed E-state index contributed by atoms with van der Waals surface area (Å²) in [4.78, 5) is 12.3. The summed E-state index contributed by atoms with van der Waals surface area (Å²) < 4.78 is 28.4. The van der Waals surface area contributed by atoms with E-state index < -0.39 is 12.5 Å². The van der Waals surface area contributed by atoms with Gasteiger partial charge < -0.3 is 15.2 Å². The molecule has 6 heteroatoms. The molecule has 0 saturated carbocycles. The first kappa shape index (κ1) is 15.7. The lowest BCUT2D eigenvalue weighted by molar-refractivity contribution is -0.0498. The molecule has 1 amide bonds. The Kier molecular flexibility index (Phi) is 4.29. The molecule has 3 aromatic carbocycles. The molecule has 0 fully saturated rings. The lowest BCUT2D eigenvalue weighted by Gasteiger charge is -2.09. The van der Waals surface area contributed by atoms with Gasteiger partial charge in [-0.1, -0.05) is 24.3 Å². The van der Waals surface area contributed by atoms with Gasteiger partial charge >= 0.3 is 6.61 Å². The molecule has 3 rings (SSSR count). The number of phenolic OH excluding ortho intramolecular Hbond substituents is 1. The van der Waals surface area contributed by atoms with Gasteiger partial charge in [0.05, 0.1) is 5.56 Å². The first-order valence-corrected chi connectivity index (χ1v) is 7.11. The van der Waals surface area contributed by atoms with E-state index in [1.807, 2.05) is 24.3 Å². The largest absolute Gasteiger partial charge is 0.507 e. The Hall–Kier alpha value is -3.15. The molecular weight excluding hydrogens is 316 g/mol. The van der Waals surface area contributed by atoms with Crippen LogP contribution in [0.4, 0.5) is 14.5 Å². The number of hydrogen-bond acceptors (Lipinski definition) is 3. The van der Waals surface area contributed by atoms with E-state index in [1.165, 1.54) is 30.3 Å². The Morgan fingerprint density at radius 1 is 1.00 bits per heavy atom. The molecule has 0 heterocycles. The van der Waals surface area contributed by atoms with Crippen molar-refractivity contribution in [3.05, 3.63) is 66.2 Å². The zero-order chi connectivity index (χ0) is 17.1. The van der Waals surface area contributed by atoms with Crippen LogP contribution < -0.4 is 10.1 Å². The fourth-order valence-electron chi connectivity index (χ4n) is 2.33. The molecule has 3 aromatic rings. The SMILES string of the molecule is O=C(Nc1ccc(OC(F)F)cc1)c1cc2ccccc2cc1O. The number of rotatable bonds is 4. The molecule has 0 saturated heterocycles. The fourth-order valence-corrected chi connectivity index (χ4v) is 2.33. The standard InChI is InChI=1S/C18H13F2NO3/c19-18(20)24-14-7-5-13(6-8-14)21-17(23)15-9-11-3-1-2-4-12(11)10-16(15)22/h1-10,18,22H,(H,21,23). The van der Waals surface area contributed by atoms with E-state index in [4.69, 9.17) is 0 Å². The Morgan fingerprint density at radius 2 is 1.62 bits per heavy atom. The molecule has 4 nitrogen and oxygen atoms in total. The Labute approximate surface area is 136 Å². The highest BCUT2D eigenvalue weighted by atomic mass is 19.3. The van der Waals surface area contributed by atoms with Crippen molar-refractivity contribution in [2.75, 3.05) is 5.32 Å². The molecule has 0 aliphatic heterocycles. The third kappa shape index (κ3) is 3.43. The number of carbonyl (C=O) groups is 1. The summed E-state index contributed by atoms with van der Waals surface area (Å²) in [6, 6.07) is 16.0. The fraction of sp³-hybridized carbons (Fsp3) is 0.0556. The van der Waals surface area contributed by atoms with E-state index in [2.05, 4.69) is 10.1 Å². The van der Waals surface area contributed by atoms with Crippen molar-refractivity contribution in [2.45, 2.75) is 6.61 Å². The van der Waals surface area contributed by atoms with Crippen molar-refractivity contribution < 1.29 is 23.4 Å². The molecule has 0 aliphatic rings. The van der Waals surface area contributed by atoms with Crippen LogP contribution in [0.5, 0.6) is 11.5 Å². The average molecular weight is 329 g/mol. The normalized spacial score (nSPS) is 10.8.